The van der Waals surface area contributed by atoms with Gasteiger partial charge in [0.2, 0.25) is 11.8 Å². The van der Waals surface area contributed by atoms with E-state index < -0.39 is 0 Å². The third-order valence-corrected chi connectivity index (χ3v) is 5.18. The van der Waals surface area contributed by atoms with Crippen molar-refractivity contribution in [2.24, 2.45) is 0 Å². The minimum atomic E-state index is -0.237. The fourth-order valence-corrected chi connectivity index (χ4v) is 3.49. The van der Waals surface area contributed by atoms with Crippen LogP contribution in [-0.4, -0.2) is 17.1 Å². The molecule has 3 aromatic carbocycles. The van der Waals surface area contributed by atoms with Crippen LogP contribution >= 0.6 is 11.8 Å². The van der Waals surface area contributed by atoms with E-state index in [4.69, 9.17) is 0 Å². The molecule has 0 aliphatic heterocycles. The fourth-order valence-electron chi connectivity index (χ4n) is 2.63. The van der Waals surface area contributed by atoms with E-state index in [1.165, 1.54) is 11.8 Å². The molecule has 142 valence electrons. The first kappa shape index (κ1) is 19.7. The van der Waals surface area contributed by atoms with Crippen molar-refractivity contribution >= 4 is 35.0 Å². The van der Waals surface area contributed by atoms with Gasteiger partial charge < -0.3 is 10.6 Å². The third-order valence-electron chi connectivity index (χ3n) is 4.07. The van der Waals surface area contributed by atoms with Gasteiger partial charge in [-0.25, -0.2) is 0 Å². The normalized spacial score (nSPS) is 11.5. The zero-order valence-electron chi connectivity index (χ0n) is 15.6. The summed E-state index contributed by atoms with van der Waals surface area (Å²) in [6, 6.07) is 26.6. The molecule has 2 N–H and O–H groups in total. The van der Waals surface area contributed by atoms with Crippen LogP contribution in [0.15, 0.2) is 89.8 Å². The molecule has 0 spiro atoms. The van der Waals surface area contributed by atoms with Crippen molar-refractivity contribution in [1.82, 2.24) is 0 Å². The molecule has 5 heteroatoms. The second kappa shape index (κ2) is 9.76. The number of para-hydroxylation sites is 1. The molecule has 1 atom stereocenters. The van der Waals surface area contributed by atoms with E-state index >= 15 is 0 Å². The van der Waals surface area contributed by atoms with Gasteiger partial charge in [0, 0.05) is 16.3 Å². The molecule has 0 aliphatic rings. The Labute approximate surface area is 169 Å². The number of anilines is 2. The smallest absolute Gasteiger partial charge is 0.237 e. The number of nitrogens with one attached hydrogen (secondary N) is 2. The molecule has 0 saturated carbocycles. The van der Waals surface area contributed by atoms with Gasteiger partial charge in [-0.15, -0.1) is 11.8 Å². The van der Waals surface area contributed by atoms with Crippen molar-refractivity contribution in [2.75, 3.05) is 10.6 Å². The average molecular weight is 391 g/mol. The van der Waals surface area contributed by atoms with E-state index in [9.17, 15) is 9.59 Å². The van der Waals surface area contributed by atoms with Crippen LogP contribution in [0.4, 0.5) is 11.4 Å². The van der Waals surface area contributed by atoms with E-state index in [1.807, 2.05) is 91.9 Å². The predicted octanol–water partition coefficient (Wildman–Crippen LogP) is 4.99. The average Bonchev–Trinajstić information content (AvgIpc) is 2.71. The monoisotopic (exact) mass is 390 g/mol. The van der Waals surface area contributed by atoms with Crippen LogP contribution in [0.3, 0.4) is 0 Å². The van der Waals surface area contributed by atoms with Crippen LogP contribution in [0.1, 0.15) is 12.5 Å². The SMILES string of the molecule is CC(Sc1ccc(NC(=O)Cc2ccccc2)cc1)C(=O)Nc1ccccc1. The molecule has 28 heavy (non-hydrogen) atoms. The molecular weight excluding hydrogens is 368 g/mol. The predicted molar refractivity (Wildman–Crippen MR) is 116 cm³/mol. The quantitative estimate of drug-likeness (QED) is 0.559. The molecule has 3 aromatic rings. The molecule has 0 fully saturated rings. The highest BCUT2D eigenvalue weighted by Gasteiger charge is 2.14. The highest BCUT2D eigenvalue weighted by molar-refractivity contribution is 8.00. The maximum Gasteiger partial charge on any atom is 0.237 e. The number of carbonyl (C=O) groups is 2. The Kier molecular flexibility index (Phi) is 6.87. The molecule has 2 amide bonds. The van der Waals surface area contributed by atoms with Gasteiger partial charge in [0.25, 0.3) is 0 Å². The number of benzene rings is 3. The summed E-state index contributed by atoms with van der Waals surface area (Å²) >= 11 is 1.48. The Bertz CT molecular complexity index is 912. The van der Waals surface area contributed by atoms with Gasteiger partial charge in [0.15, 0.2) is 0 Å². The lowest BCUT2D eigenvalue weighted by Gasteiger charge is -2.12. The molecule has 0 aromatic heterocycles. The van der Waals surface area contributed by atoms with Crippen molar-refractivity contribution in [2.45, 2.75) is 23.5 Å². The minimum Gasteiger partial charge on any atom is -0.326 e. The van der Waals surface area contributed by atoms with Gasteiger partial charge in [-0.2, -0.15) is 0 Å². The highest BCUT2D eigenvalue weighted by atomic mass is 32.2. The van der Waals surface area contributed by atoms with Crippen LogP contribution in [0.25, 0.3) is 0 Å². The van der Waals surface area contributed by atoms with Gasteiger partial charge in [0.05, 0.1) is 11.7 Å². The number of carbonyl (C=O) groups excluding carboxylic acids is 2. The summed E-state index contributed by atoms with van der Waals surface area (Å²) in [4.78, 5) is 25.4. The molecule has 0 aliphatic carbocycles. The molecule has 0 heterocycles. The molecule has 3 rings (SSSR count). The summed E-state index contributed by atoms with van der Waals surface area (Å²) in [5, 5.41) is 5.57. The van der Waals surface area contributed by atoms with Crippen LogP contribution in [0, 0.1) is 0 Å². The van der Waals surface area contributed by atoms with E-state index in [2.05, 4.69) is 10.6 Å². The van der Waals surface area contributed by atoms with Gasteiger partial charge in [-0.1, -0.05) is 48.5 Å². The lowest BCUT2D eigenvalue weighted by Crippen LogP contribution is -2.22. The number of amides is 2. The lowest BCUT2D eigenvalue weighted by atomic mass is 10.1. The molecule has 1 unspecified atom stereocenters. The van der Waals surface area contributed by atoms with Crippen molar-refractivity contribution in [3.05, 3.63) is 90.5 Å². The Morgan fingerprint density at radius 3 is 2.00 bits per heavy atom. The summed E-state index contributed by atoms with van der Waals surface area (Å²) in [5.41, 5.74) is 2.51. The number of thioether (sulfide) groups is 1. The standard InChI is InChI=1S/C23H22N2O2S/c1-17(23(27)25-19-10-6-3-7-11-19)28-21-14-12-20(13-15-21)24-22(26)16-18-8-4-2-5-9-18/h2-15,17H,16H2,1H3,(H,24,26)(H,25,27). The van der Waals surface area contributed by atoms with E-state index in [1.54, 1.807) is 0 Å². The molecule has 0 radical (unpaired) electrons. The van der Waals surface area contributed by atoms with Crippen LogP contribution in [-0.2, 0) is 16.0 Å². The van der Waals surface area contributed by atoms with E-state index in [0.717, 1.165) is 21.8 Å². The molecule has 0 bridgehead atoms. The maximum absolute atomic E-state index is 12.3. The van der Waals surface area contributed by atoms with Crippen LogP contribution in [0.2, 0.25) is 0 Å². The first-order valence-electron chi connectivity index (χ1n) is 9.06. The van der Waals surface area contributed by atoms with Crippen LogP contribution in [0.5, 0.6) is 0 Å². The summed E-state index contributed by atoms with van der Waals surface area (Å²) in [7, 11) is 0. The maximum atomic E-state index is 12.3. The largest absolute Gasteiger partial charge is 0.326 e. The van der Waals surface area contributed by atoms with Gasteiger partial charge >= 0.3 is 0 Å². The second-order valence-corrected chi connectivity index (χ2v) is 7.76. The summed E-state index contributed by atoms with van der Waals surface area (Å²) < 4.78 is 0. The fraction of sp³-hybridized carbons (Fsp3) is 0.130. The first-order chi connectivity index (χ1) is 13.6. The molecule has 0 saturated heterocycles. The Morgan fingerprint density at radius 1 is 0.786 bits per heavy atom. The van der Waals surface area contributed by atoms with Crippen molar-refractivity contribution in [1.29, 1.82) is 0 Å². The van der Waals surface area contributed by atoms with Gasteiger partial charge in [0.1, 0.15) is 0 Å². The Hall–Kier alpha value is -3.05. The van der Waals surface area contributed by atoms with Crippen molar-refractivity contribution < 1.29 is 9.59 Å². The van der Waals surface area contributed by atoms with Crippen molar-refractivity contribution in [3.63, 3.8) is 0 Å². The zero-order valence-corrected chi connectivity index (χ0v) is 16.4. The number of rotatable bonds is 7. The molecule has 4 nitrogen and oxygen atoms in total. The zero-order chi connectivity index (χ0) is 19.8. The Balaban J connectivity index is 1.51. The van der Waals surface area contributed by atoms with E-state index in [0.29, 0.717) is 6.42 Å². The minimum absolute atomic E-state index is 0.0450. The molecular formula is C23H22N2O2S. The number of hydrogen-bond acceptors (Lipinski definition) is 3. The topological polar surface area (TPSA) is 58.2 Å². The van der Waals surface area contributed by atoms with Crippen LogP contribution < -0.4 is 10.6 Å². The Morgan fingerprint density at radius 2 is 1.36 bits per heavy atom. The van der Waals surface area contributed by atoms with Gasteiger partial charge in [-0.3, -0.25) is 9.59 Å². The highest BCUT2D eigenvalue weighted by Crippen LogP contribution is 2.25. The number of hydrogen-bond donors (Lipinski definition) is 2. The van der Waals surface area contributed by atoms with E-state index in [-0.39, 0.29) is 17.1 Å². The van der Waals surface area contributed by atoms with Gasteiger partial charge in [-0.05, 0) is 48.9 Å². The lowest BCUT2D eigenvalue weighted by molar-refractivity contribution is -0.116. The first-order valence-corrected chi connectivity index (χ1v) is 9.94. The van der Waals surface area contributed by atoms with Crippen molar-refractivity contribution in [3.8, 4) is 0 Å². The summed E-state index contributed by atoms with van der Waals surface area (Å²) in [5.74, 6) is -0.0985. The second-order valence-electron chi connectivity index (χ2n) is 6.35. The summed E-state index contributed by atoms with van der Waals surface area (Å²) in [6.07, 6.45) is 0.341. The summed E-state index contributed by atoms with van der Waals surface area (Å²) in [6.45, 7) is 1.87. The third kappa shape index (κ3) is 5.99.